The van der Waals surface area contributed by atoms with Crippen LogP contribution in [0.5, 0.6) is 5.75 Å². The lowest BCUT2D eigenvalue weighted by Gasteiger charge is -2.35. The Balaban J connectivity index is 1.36. The zero-order chi connectivity index (χ0) is 21.4. The van der Waals surface area contributed by atoms with Crippen LogP contribution in [0.3, 0.4) is 0 Å². The average molecular weight is 436 g/mol. The number of anilines is 1. The maximum atomic E-state index is 13.9. The summed E-state index contributed by atoms with van der Waals surface area (Å²) in [6.45, 7) is 1.64. The summed E-state index contributed by atoms with van der Waals surface area (Å²) >= 11 is 0. The summed E-state index contributed by atoms with van der Waals surface area (Å²) in [5, 5.41) is 2.67. The zero-order valence-electron chi connectivity index (χ0n) is 16.7. The van der Waals surface area contributed by atoms with E-state index in [1.807, 2.05) is 23.1 Å². The van der Waals surface area contributed by atoms with Crippen molar-refractivity contribution in [2.75, 3.05) is 50.0 Å². The second-order valence-electron chi connectivity index (χ2n) is 6.96. The Bertz CT molecular complexity index is 932. The molecule has 3 rings (SSSR count). The predicted octanol–water partition coefficient (Wildman–Crippen LogP) is 1.86. The minimum atomic E-state index is -3.42. The van der Waals surface area contributed by atoms with Gasteiger partial charge in [0.1, 0.15) is 11.6 Å². The summed E-state index contributed by atoms with van der Waals surface area (Å²) in [5.41, 5.74) is 0.495. The van der Waals surface area contributed by atoms with Crippen molar-refractivity contribution in [3.63, 3.8) is 0 Å². The molecule has 0 radical (unpaired) electrons. The maximum Gasteiger partial charge on any atom is 0.257 e. The number of ether oxygens (including phenoxy) is 1. The molecule has 2 aromatic rings. The van der Waals surface area contributed by atoms with Crippen molar-refractivity contribution in [3.8, 4) is 5.75 Å². The van der Waals surface area contributed by atoms with Gasteiger partial charge in [0.2, 0.25) is 10.0 Å². The fourth-order valence-corrected chi connectivity index (χ4v) is 4.73. The van der Waals surface area contributed by atoms with Crippen molar-refractivity contribution in [1.82, 2.24) is 9.62 Å². The molecule has 7 nitrogen and oxygen atoms in total. The fourth-order valence-electron chi connectivity index (χ4n) is 3.24. The molecule has 9 heteroatoms. The number of nitrogens with one attached hydrogen (secondary N) is 1. The first-order valence-electron chi connectivity index (χ1n) is 9.87. The van der Waals surface area contributed by atoms with Crippen LogP contribution in [0.25, 0.3) is 0 Å². The smallest absolute Gasteiger partial charge is 0.257 e. The highest BCUT2D eigenvalue weighted by atomic mass is 32.2. The van der Waals surface area contributed by atoms with E-state index in [-0.39, 0.29) is 30.6 Å². The third-order valence-electron chi connectivity index (χ3n) is 4.84. The minimum absolute atomic E-state index is 0.0491. The van der Waals surface area contributed by atoms with Gasteiger partial charge in [0.25, 0.3) is 5.91 Å². The standard InChI is InChI=1S/C21H26FN3O4S/c22-19-9-4-5-10-20(19)24-12-14-25(15-13-24)30(27,28)16-6-11-23-21(26)17-29-18-7-2-1-3-8-18/h1-5,7-10H,6,11-17H2,(H,23,26). The normalized spacial score (nSPS) is 15.0. The zero-order valence-corrected chi connectivity index (χ0v) is 17.5. The SMILES string of the molecule is O=C(COc1ccccc1)NCCCS(=O)(=O)N1CCN(c2ccccc2F)CC1. The van der Waals surface area contributed by atoms with Crippen LogP contribution in [0.2, 0.25) is 0 Å². The van der Waals surface area contributed by atoms with E-state index in [1.54, 1.807) is 30.3 Å². The molecule has 0 aromatic heterocycles. The highest BCUT2D eigenvalue weighted by Crippen LogP contribution is 2.21. The van der Waals surface area contributed by atoms with Gasteiger partial charge in [-0.25, -0.2) is 12.8 Å². The molecule has 1 N–H and O–H groups in total. The van der Waals surface area contributed by atoms with Crippen LogP contribution in [-0.4, -0.2) is 63.7 Å². The molecule has 2 aromatic carbocycles. The van der Waals surface area contributed by atoms with E-state index >= 15 is 0 Å². The number of para-hydroxylation sites is 2. The van der Waals surface area contributed by atoms with E-state index in [0.29, 0.717) is 44.0 Å². The van der Waals surface area contributed by atoms with Gasteiger partial charge in [-0.15, -0.1) is 0 Å². The molecule has 0 unspecified atom stereocenters. The Morgan fingerprint density at radius 2 is 1.67 bits per heavy atom. The molecule has 0 spiro atoms. The molecule has 1 aliphatic heterocycles. The van der Waals surface area contributed by atoms with Crippen LogP contribution >= 0.6 is 0 Å². The molecule has 1 aliphatic rings. The quantitative estimate of drug-likeness (QED) is 0.609. The van der Waals surface area contributed by atoms with E-state index in [2.05, 4.69) is 5.32 Å². The van der Waals surface area contributed by atoms with Crippen molar-refractivity contribution in [2.45, 2.75) is 6.42 Å². The van der Waals surface area contributed by atoms with E-state index in [4.69, 9.17) is 4.74 Å². The summed E-state index contributed by atoms with van der Waals surface area (Å²) in [4.78, 5) is 13.7. The van der Waals surface area contributed by atoms with Gasteiger partial charge < -0.3 is 15.0 Å². The number of nitrogens with zero attached hydrogens (tertiary/aromatic N) is 2. The Morgan fingerprint density at radius 1 is 1.00 bits per heavy atom. The van der Waals surface area contributed by atoms with Crippen molar-refractivity contribution >= 4 is 21.6 Å². The molecule has 162 valence electrons. The second kappa shape index (κ2) is 10.4. The van der Waals surface area contributed by atoms with E-state index < -0.39 is 10.0 Å². The molecular weight excluding hydrogens is 409 g/mol. The number of halogens is 1. The van der Waals surface area contributed by atoms with Gasteiger partial charge in [-0.2, -0.15) is 4.31 Å². The number of amides is 1. The average Bonchev–Trinajstić information content (AvgIpc) is 2.76. The van der Waals surface area contributed by atoms with E-state index in [1.165, 1.54) is 10.4 Å². The summed E-state index contributed by atoms with van der Waals surface area (Å²) in [6, 6.07) is 15.5. The molecule has 0 bridgehead atoms. The molecule has 30 heavy (non-hydrogen) atoms. The van der Waals surface area contributed by atoms with Crippen LogP contribution in [0, 0.1) is 5.82 Å². The van der Waals surface area contributed by atoms with Crippen LogP contribution in [-0.2, 0) is 14.8 Å². The van der Waals surface area contributed by atoms with E-state index in [0.717, 1.165) is 0 Å². The van der Waals surface area contributed by atoms with E-state index in [9.17, 15) is 17.6 Å². The molecule has 1 fully saturated rings. The Labute approximate surface area is 176 Å². The highest BCUT2D eigenvalue weighted by Gasteiger charge is 2.27. The summed E-state index contributed by atoms with van der Waals surface area (Å²) < 4.78 is 45.8. The van der Waals surface area contributed by atoms with Gasteiger partial charge in [-0.05, 0) is 30.7 Å². The number of piperazine rings is 1. The minimum Gasteiger partial charge on any atom is -0.484 e. The monoisotopic (exact) mass is 435 g/mol. The first-order valence-corrected chi connectivity index (χ1v) is 11.5. The molecular formula is C21H26FN3O4S. The number of hydrogen-bond acceptors (Lipinski definition) is 5. The van der Waals surface area contributed by atoms with Gasteiger partial charge >= 0.3 is 0 Å². The molecule has 1 heterocycles. The lowest BCUT2D eigenvalue weighted by molar-refractivity contribution is -0.123. The maximum absolute atomic E-state index is 13.9. The molecule has 0 aliphatic carbocycles. The summed E-state index contributed by atoms with van der Waals surface area (Å²) in [5.74, 6) is -0.0488. The molecule has 0 atom stereocenters. The van der Waals surface area contributed by atoms with Crippen molar-refractivity contribution in [1.29, 1.82) is 0 Å². The lowest BCUT2D eigenvalue weighted by Crippen LogP contribution is -2.49. The van der Waals surface area contributed by atoms with Gasteiger partial charge in [0.05, 0.1) is 11.4 Å². The Kier molecular flexibility index (Phi) is 7.64. The number of sulfonamides is 1. The third-order valence-corrected chi connectivity index (χ3v) is 6.80. The van der Waals surface area contributed by atoms with Crippen LogP contribution in [0.15, 0.2) is 54.6 Å². The highest BCUT2D eigenvalue weighted by molar-refractivity contribution is 7.89. The number of hydrogen-bond donors (Lipinski definition) is 1. The van der Waals surface area contributed by atoms with Gasteiger partial charge in [-0.1, -0.05) is 30.3 Å². The predicted molar refractivity (Wildman–Crippen MR) is 114 cm³/mol. The van der Waals surface area contributed by atoms with Gasteiger partial charge in [0, 0.05) is 32.7 Å². The Morgan fingerprint density at radius 3 is 2.37 bits per heavy atom. The number of carbonyl (C=O) groups excluding carboxylic acids is 1. The Hall–Kier alpha value is -2.65. The summed E-state index contributed by atoms with van der Waals surface area (Å²) in [6.07, 6.45) is 0.312. The van der Waals surface area contributed by atoms with Crippen molar-refractivity contribution in [2.24, 2.45) is 0 Å². The number of rotatable bonds is 9. The summed E-state index contributed by atoms with van der Waals surface area (Å²) in [7, 11) is -3.42. The molecule has 1 saturated heterocycles. The van der Waals surface area contributed by atoms with Crippen LogP contribution in [0.1, 0.15) is 6.42 Å². The number of benzene rings is 2. The number of carbonyl (C=O) groups is 1. The van der Waals surface area contributed by atoms with Crippen LogP contribution in [0.4, 0.5) is 10.1 Å². The van der Waals surface area contributed by atoms with Crippen LogP contribution < -0.4 is 15.0 Å². The first-order chi connectivity index (χ1) is 14.5. The lowest BCUT2D eigenvalue weighted by atomic mass is 10.2. The topological polar surface area (TPSA) is 78.9 Å². The van der Waals surface area contributed by atoms with Crippen molar-refractivity contribution < 1.29 is 22.3 Å². The largest absolute Gasteiger partial charge is 0.484 e. The molecule has 0 saturated carbocycles. The molecule has 1 amide bonds. The van der Waals surface area contributed by atoms with Gasteiger partial charge in [-0.3, -0.25) is 4.79 Å². The third kappa shape index (κ3) is 6.17. The van der Waals surface area contributed by atoms with Gasteiger partial charge in [0.15, 0.2) is 6.61 Å². The second-order valence-corrected chi connectivity index (χ2v) is 9.05. The fraction of sp³-hybridized carbons (Fsp3) is 0.381. The van der Waals surface area contributed by atoms with Crippen molar-refractivity contribution in [3.05, 3.63) is 60.4 Å². The first kappa shape index (κ1) is 22.0.